The Hall–Kier alpha value is -3.84. The van der Waals surface area contributed by atoms with Crippen molar-refractivity contribution in [1.29, 1.82) is 0 Å². The molecular weight excluding hydrogens is 477 g/mol. The number of carbonyl (C=O) groups is 1. The van der Waals surface area contributed by atoms with Crippen LogP contribution in [0.2, 0.25) is 0 Å². The zero-order valence-corrected chi connectivity index (χ0v) is 19.2. The van der Waals surface area contributed by atoms with E-state index in [0.717, 1.165) is 5.39 Å². The van der Waals surface area contributed by atoms with Crippen molar-refractivity contribution >= 4 is 28.2 Å². The first-order chi connectivity index (χ1) is 17.2. The quantitative estimate of drug-likeness (QED) is 0.232. The monoisotopic (exact) mass is 501 g/mol. The van der Waals surface area contributed by atoms with Crippen LogP contribution in [0.4, 0.5) is 15.9 Å². The Kier molecular flexibility index (Phi) is 5.96. The van der Waals surface area contributed by atoms with Crippen LogP contribution in [0.1, 0.15) is 6.23 Å². The van der Waals surface area contributed by atoms with Gasteiger partial charge in [-0.05, 0) is 41.8 Å². The second kappa shape index (κ2) is 8.99. The second-order valence-electron chi connectivity index (χ2n) is 8.45. The number of carboxylic acid groups (broad SMARTS) is 1. The summed E-state index contributed by atoms with van der Waals surface area (Å²) in [7, 11) is 3.02. The molecule has 2 aromatic rings. The number of nitrogens with zero attached hydrogens (tertiary/aromatic N) is 1. The Bertz CT molecular complexity index is 1400. The Morgan fingerprint density at radius 3 is 2.44 bits per heavy atom. The maximum Gasteiger partial charge on any atom is 0.335 e. The lowest BCUT2D eigenvalue weighted by Gasteiger charge is -2.39. The molecule has 6 N–H and O–H groups in total. The van der Waals surface area contributed by atoms with Crippen molar-refractivity contribution in [3.63, 3.8) is 0 Å². The number of carboxylic acids is 1. The van der Waals surface area contributed by atoms with Crippen LogP contribution in [0.5, 0.6) is 11.5 Å². The van der Waals surface area contributed by atoms with Crippen molar-refractivity contribution in [2.24, 2.45) is 0 Å². The molecule has 5 rings (SSSR count). The molecule has 11 nitrogen and oxygen atoms in total. The number of nitrogens with one attached hydrogen (secondary N) is 2. The molecule has 3 aliphatic rings. The molecule has 1 aliphatic carbocycles. The molecule has 1 fully saturated rings. The summed E-state index contributed by atoms with van der Waals surface area (Å²) in [6.07, 6.45) is -8.60. The Labute approximate surface area is 203 Å². The molecule has 36 heavy (non-hydrogen) atoms. The molecule has 2 aromatic carbocycles. The molecule has 0 radical (unpaired) electrons. The number of aromatic nitrogens is 2. The van der Waals surface area contributed by atoms with Gasteiger partial charge in [-0.3, -0.25) is 5.10 Å². The largest absolute Gasteiger partial charge is 0.493 e. The Balaban J connectivity index is 1.70. The van der Waals surface area contributed by atoms with Gasteiger partial charge in [0.1, 0.15) is 29.9 Å². The first-order valence-corrected chi connectivity index (χ1v) is 11.0. The van der Waals surface area contributed by atoms with Gasteiger partial charge in [-0.2, -0.15) is 0 Å². The van der Waals surface area contributed by atoms with Gasteiger partial charge in [0.05, 0.1) is 19.9 Å². The van der Waals surface area contributed by atoms with Gasteiger partial charge in [-0.1, -0.05) is 6.07 Å². The van der Waals surface area contributed by atoms with Crippen molar-refractivity contribution in [3.8, 4) is 22.8 Å². The van der Waals surface area contributed by atoms with Crippen molar-refractivity contribution < 1.29 is 43.8 Å². The summed E-state index contributed by atoms with van der Waals surface area (Å²) in [5, 5.41) is 48.4. The van der Waals surface area contributed by atoms with Gasteiger partial charge in [0.25, 0.3) is 0 Å². The van der Waals surface area contributed by atoms with Crippen LogP contribution >= 0.6 is 0 Å². The first-order valence-electron chi connectivity index (χ1n) is 11.0. The van der Waals surface area contributed by atoms with Crippen LogP contribution in [0.3, 0.4) is 0 Å². The normalized spacial score (nSPS) is 24.2. The van der Waals surface area contributed by atoms with Gasteiger partial charge >= 0.3 is 5.97 Å². The molecule has 12 heteroatoms. The van der Waals surface area contributed by atoms with E-state index in [1.165, 1.54) is 37.1 Å². The van der Waals surface area contributed by atoms with Gasteiger partial charge in [0.15, 0.2) is 23.8 Å². The van der Waals surface area contributed by atoms with E-state index in [1.807, 2.05) is 6.07 Å². The number of methoxy groups -OCH3 is 2. The number of benzene rings is 2. The van der Waals surface area contributed by atoms with E-state index in [1.54, 1.807) is 18.2 Å². The van der Waals surface area contributed by atoms with Gasteiger partial charge in [0, 0.05) is 16.6 Å². The highest BCUT2D eigenvalue weighted by Crippen LogP contribution is 2.45. The van der Waals surface area contributed by atoms with Gasteiger partial charge in [0.2, 0.25) is 0 Å². The van der Waals surface area contributed by atoms with Crippen molar-refractivity contribution in [2.75, 3.05) is 19.5 Å². The fourth-order valence-electron chi connectivity index (χ4n) is 4.52. The third-order valence-corrected chi connectivity index (χ3v) is 6.30. The van der Waals surface area contributed by atoms with Gasteiger partial charge in [-0.25, -0.2) is 13.9 Å². The standard InChI is InChI=1S/C24H24FN3O8/c1-34-15-7-10-6-14-17(13(10)9-16(15)35-2)27-28(22(14)26-12-5-3-4-11(25)8-12)23-20(31)18(29)19(30)21(36-23)24(32)33/h3-9,18-21,23,26-27,29-31H,1-2H3,(H,32,33)/t18-,19-,20+,21-,23+/m1/s1. The van der Waals surface area contributed by atoms with E-state index in [4.69, 9.17) is 14.2 Å². The van der Waals surface area contributed by atoms with E-state index in [2.05, 4.69) is 10.4 Å². The minimum absolute atomic E-state index is 0.293. The van der Waals surface area contributed by atoms with E-state index >= 15 is 0 Å². The predicted molar refractivity (Wildman–Crippen MR) is 125 cm³/mol. The van der Waals surface area contributed by atoms with E-state index in [-0.39, 0.29) is 0 Å². The second-order valence-corrected chi connectivity index (χ2v) is 8.45. The number of fused-ring (bicyclic) bond motifs is 3. The van der Waals surface area contributed by atoms with Crippen LogP contribution in [-0.2, 0) is 9.53 Å². The summed E-state index contributed by atoms with van der Waals surface area (Å²) >= 11 is 0. The molecular formula is C24H24FN3O8. The summed E-state index contributed by atoms with van der Waals surface area (Å²) in [5.41, 5.74) is 1.52. The van der Waals surface area contributed by atoms with Crippen molar-refractivity contribution in [1.82, 2.24) is 9.78 Å². The average molecular weight is 501 g/mol. The number of H-pyrrole nitrogens is 1. The SMILES string of the molecule is COc1cc2cc3c(Nc4cccc(F)c4)n([C@H]4O[C@@H](C(=O)O)[C@H](O)[C@@H](O)[C@@H]4O)[nH]c-3c2cc1OC. The number of rotatable bonds is 6. The number of hydrogen-bond acceptors (Lipinski definition) is 8. The molecule has 0 spiro atoms. The first kappa shape index (κ1) is 23.9. The molecule has 0 aromatic heterocycles. The predicted octanol–water partition coefficient (Wildman–Crippen LogP) is 2.04. The molecule has 2 heterocycles. The fraction of sp³-hybridized carbons (Fsp3) is 0.292. The van der Waals surface area contributed by atoms with Crippen LogP contribution in [0.25, 0.3) is 22.0 Å². The van der Waals surface area contributed by atoms with E-state index < -0.39 is 42.4 Å². The van der Waals surface area contributed by atoms with E-state index in [9.17, 15) is 29.6 Å². The van der Waals surface area contributed by atoms with Crippen molar-refractivity contribution in [2.45, 2.75) is 30.6 Å². The Morgan fingerprint density at radius 2 is 1.78 bits per heavy atom. The number of ether oxygens (including phenoxy) is 3. The number of aliphatic hydroxyl groups excluding tert-OH is 3. The summed E-state index contributed by atoms with van der Waals surface area (Å²) in [4.78, 5) is 11.7. The molecule has 0 unspecified atom stereocenters. The number of anilines is 2. The lowest BCUT2D eigenvalue weighted by Crippen LogP contribution is -2.58. The summed E-state index contributed by atoms with van der Waals surface area (Å²) in [5.74, 6) is -0.721. The van der Waals surface area contributed by atoms with Gasteiger partial charge in [-0.15, -0.1) is 0 Å². The zero-order valence-electron chi connectivity index (χ0n) is 19.2. The van der Waals surface area contributed by atoms with Crippen LogP contribution in [0.15, 0.2) is 42.5 Å². The summed E-state index contributed by atoms with van der Waals surface area (Å²) in [6.45, 7) is 0. The van der Waals surface area contributed by atoms with Crippen LogP contribution in [0, 0.1) is 5.82 Å². The molecule has 190 valence electrons. The van der Waals surface area contributed by atoms with Crippen LogP contribution < -0.4 is 14.8 Å². The average Bonchev–Trinajstić information content (AvgIpc) is 3.37. The maximum absolute atomic E-state index is 13.9. The molecule has 1 saturated heterocycles. The smallest absolute Gasteiger partial charge is 0.335 e. The van der Waals surface area contributed by atoms with E-state index in [0.29, 0.717) is 39.6 Å². The third kappa shape index (κ3) is 3.80. The molecule has 5 atom stereocenters. The molecule has 0 saturated carbocycles. The minimum atomic E-state index is -1.85. The molecule has 0 amide bonds. The zero-order chi connectivity index (χ0) is 25.7. The lowest BCUT2D eigenvalue weighted by atomic mass is 9.98. The molecule has 2 aliphatic heterocycles. The fourth-order valence-corrected chi connectivity index (χ4v) is 4.52. The summed E-state index contributed by atoms with van der Waals surface area (Å²) < 4.78 is 31.6. The lowest BCUT2D eigenvalue weighted by molar-refractivity contribution is -0.248. The minimum Gasteiger partial charge on any atom is -0.493 e. The number of hydrogen-bond donors (Lipinski definition) is 6. The Morgan fingerprint density at radius 1 is 1.06 bits per heavy atom. The molecule has 0 bridgehead atoms. The van der Waals surface area contributed by atoms with Crippen LogP contribution in [-0.4, -0.2) is 74.8 Å². The number of aromatic amines is 1. The maximum atomic E-state index is 13.9. The summed E-state index contributed by atoms with van der Waals surface area (Å²) in [6, 6.07) is 11.0. The highest BCUT2D eigenvalue weighted by atomic mass is 19.1. The number of aliphatic carboxylic acids is 1. The topological polar surface area (TPSA) is 158 Å². The number of halogens is 1. The number of aliphatic hydroxyl groups is 3. The third-order valence-electron chi connectivity index (χ3n) is 6.30. The van der Waals surface area contributed by atoms with Gasteiger partial charge < -0.3 is 40.0 Å². The highest BCUT2D eigenvalue weighted by molar-refractivity contribution is 6.05. The highest BCUT2D eigenvalue weighted by Gasteiger charge is 2.48. The van der Waals surface area contributed by atoms with Crippen molar-refractivity contribution in [3.05, 3.63) is 48.3 Å².